The molecule has 14 heavy (non-hydrogen) atoms. The van der Waals surface area contributed by atoms with Crippen LogP contribution in [0.5, 0.6) is 0 Å². The van der Waals surface area contributed by atoms with Crippen LogP contribution in [0, 0.1) is 0 Å². The molecule has 0 aromatic heterocycles. The molecule has 4 nitrogen and oxygen atoms in total. The number of nitrogens with two attached hydrogens (primary N) is 1. The second-order valence-corrected chi connectivity index (χ2v) is 3.40. The maximum absolute atomic E-state index is 5.43. The average molecular weight is 204 g/mol. The van der Waals surface area contributed by atoms with Crippen molar-refractivity contribution in [3.05, 3.63) is 0 Å². The zero-order chi connectivity index (χ0) is 10.6. The average Bonchev–Trinajstić information content (AvgIpc) is 2.20. The molecule has 0 unspecified atom stereocenters. The fourth-order valence-electron chi connectivity index (χ4n) is 1.10. The lowest BCUT2D eigenvalue weighted by Crippen LogP contribution is -2.26. The molecule has 0 aliphatic rings. The summed E-state index contributed by atoms with van der Waals surface area (Å²) in [6, 6.07) is 0. The first kappa shape index (κ1) is 13.8. The lowest BCUT2D eigenvalue weighted by Gasteiger charge is -2.15. The van der Waals surface area contributed by atoms with Crippen LogP contribution >= 0.6 is 0 Å². The highest BCUT2D eigenvalue weighted by Crippen LogP contribution is 1.88. The lowest BCUT2D eigenvalue weighted by atomic mass is 10.4. The van der Waals surface area contributed by atoms with Crippen LogP contribution in [0.25, 0.3) is 0 Å². The van der Waals surface area contributed by atoms with Crippen molar-refractivity contribution in [2.45, 2.75) is 12.8 Å². The number of hydrogen-bond acceptors (Lipinski definition) is 4. The third kappa shape index (κ3) is 9.92. The van der Waals surface area contributed by atoms with E-state index in [4.69, 9.17) is 15.2 Å². The summed E-state index contributed by atoms with van der Waals surface area (Å²) in [6.45, 7) is 5.16. The van der Waals surface area contributed by atoms with Crippen molar-refractivity contribution in [1.82, 2.24) is 4.90 Å². The van der Waals surface area contributed by atoms with Gasteiger partial charge < -0.3 is 20.1 Å². The Morgan fingerprint density at radius 1 is 1.07 bits per heavy atom. The monoisotopic (exact) mass is 204 g/mol. The Labute approximate surface area is 87.4 Å². The topological polar surface area (TPSA) is 47.7 Å². The van der Waals surface area contributed by atoms with Gasteiger partial charge in [0.2, 0.25) is 0 Å². The van der Waals surface area contributed by atoms with Gasteiger partial charge in [-0.25, -0.2) is 0 Å². The molecule has 0 atom stereocenters. The van der Waals surface area contributed by atoms with Gasteiger partial charge in [0.1, 0.15) is 0 Å². The van der Waals surface area contributed by atoms with E-state index in [0.717, 1.165) is 52.3 Å². The second kappa shape index (κ2) is 10.9. The van der Waals surface area contributed by atoms with Gasteiger partial charge in [-0.15, -0.1) is 0 Å². The largest absolute Gasteiger partial charge is 0.385 e. The molecule has 0 aromatic rings. The van der Waals surface area contributed by atoms with Crippen LogP contribution in [0.15, 0.2) is 0 Å². The zero-order valence-electron chi connectivity index (χ0n) is 9.50. The molecule has 0 aliphatic heterocycles. The van der Waals surface area contributed by atoms with Crippen molar-refractivity contribution in [2.24, 2.45) is 5.73 Å². The number of nitrogens with zero attached hydrogens (tertiary/aromatic N) is 1. The van der Waals surface area contributed by atoms with Gasteiger partial charge in [-0.3, -0.25) is 0 Å². The lowest BCUT2D eigenvalue weighted by molar-refractivity contribution is 0.0887. The van der Waals surface area contributed by atoms with Gasteiger partial charge in [-0.1, -0.05) is 0 Å². The summed E-state index contributed by atoms with van der Waals surface area (Å²) in [5.74, 6) is 0. The number of methoxy groups -OCH3 is 1. The van der Waals surface area contributed by atoms with Crippen LogP contribution in [-0.2, 0) is 9.47 Å². The standard InChI is InChI=1S/C10H24N2O2/c1-12(6-3-5-11)7-10-14-9-4-8-13-2/h3-11H2,1-2H3. The van der Waals surface area contributed by atoms with Crippen LogP contribution in [0.2, 0.25) is 0 Å². The number of hydrogen-bond donors (Lipinski definition) is 1. The zero-order valence-corrected chi connectivity index (χ0v) is 9.50. The van der Waals surface area contributed by atoms with Gasteiger partial charge in [0.25, 0.3) is 0 Å². The van der Waals surface area contributed by atoms with Gasteiger partial charge >= 0.3 is 0 Å². The van der Waals surface area contributed by atoms with E-state index >= 15 is 0 Å². The summed E-state index contributed by atoms with van der Waals surface area (Å²) < 4.78 is 10.4. The molecule has 0 saturated carbocycles. The maximum Gasteiger partial charge on any atom is 0.0593 e. The van der Waals surface area contributed by atoms with Crippen molar-refractivity contribution >= 4 is 0 Å². The van der Waals surface area contributed by atoms with E-state index in [1.807, 2.05) is 0 Å². The first-order valence-corrected chi connectivity index (χ1v) is 5.26. The third-order valence-electron chi connectivity index (χ3n) is 2.00. The van der Waals surface area contributed by atoms with Crippen LogP contribution < -0.4 is 5.73 Å². The number of rotatable bonds is 10. The molecule has 0 saturated heterocycles. The van der Waals surface area contributed by atoms with E-state index in [9.17, 15) is 0 Å². The molecule has 0 bridgehead atoms. The molecule has 0 amide bonds. The van der Waals surface area contributed by atoms with Gasteiger partial charge in [0, 0.05) is 26.9 Å². The van der Waals surface area contributed by atoms with Crippen molar-refractivity contribution in [1.29, 1.82) is 0 Å². The van der Waals surface area contributed by atoms with Crippen molar-refractivity contribution < 1.29 is 9.47 Å². The molecule has 0 spiro atoms. The van der Waals surface area contributed by atoms with Crippen molar-refractivity contribution in [2.75, 3.05) is 53.6 Å². The molecule has 0 heterocycles. The summed E-state index contributed by atoms with van der Waals surface area (Å²) in [5, 5.41) is 0. The SMILES string of the molecule is COCCCOCCN(C)CCCN. The molecule has 0 radical (unpaired) electrons. The normalized spacial score (nSPS) is 11.1. The van der Waals surface area contributed by atoms with E-state index in [0.29, 0.717) is 0 Å². The van der Waals surface area contributed by atoms with Gasteiger partial charge in [0.15, 0.2) is 0 Å². The molecular formula is C10H24N2O2. The van der Waals surface area contributed by atoms with Crippen LogP contribution in [0.1, 0.15) is 12.8 Å². The quantitative estimate of drug-likeness (QED) is 0.521. The van der Waals surface area contributed by atoms with Gasteiger partial charge in [-0.05, 0) is 33.0 Å². The van der Waals surface area contributed by atoms with Crippen molar-refractivity contribution in [3.8, 4) is 0 Å². The van der Waals surface area contributed by atoms with E-state index < -0.39 is 0 Å². The minimum absolute atomic E-state index is 0.763. The predicted octanol–water partition coefficient (Wildman–Crippen LogP) is 0.320. The summed E-state index contributed by atoms with van der Waals surface area (Å²) in [4.78, 5) is 2.24. The van der Waals surface area contributed by atoms with Crippen molar-refractivity contribution in [3.63, 3.8) is 0 Å². The molecule has 0 rings (SSSR count). The Morgan fingerprint density at radius 3 is 2.50 bits per heavy atom. The fourth-order valence-corrected chi connectivity index (χ4v) is 1.10. The summed E-state index contributed by atoms with van der Waals surface area (Å²) >= 11 is 0. The Kier molecular flexibility index (Phi) is 10.8. The number of likely N-dealkylation sites (N-methyl/N-ethyl adjacent to an activating group) is 1. The Morgan fingerprint density at radius 2 is 1.86 bits per heavy atom. The van der Waals surface area contributed by atoms with Crippen LogP contribution in [0.3, 0.4) is 0 Å². The smallest absolute Gasteiger partial charge is 0.0593 e. The van der Waals surface area contributed by atoms with Gasteiger partial charge in [0.05, 0.1) is 6.61 Å². The fraction of sp³-hybridized carbons (Fsp3) is 1.00. The molecule has 2 N–H and O–H groups in total. The molecule has 0 fully saturated rings. The second-order valence-electron chi connectivity index (χ2n) is 3.40. The molecule has 0 aliphatic carbocycles. The van der Waals surface area contributed by atoms with E-state index in [1.54, 1.807) is 7.11 Å². The highest BCUT2D eigenvalue weighted by molar-refractivity contribution is 4.51. The Balaban J connectivity index is 3.02. The molecule has 0 aromatic carbocycles. The highest BCUT2D eigenvalue weighted by atomic mass is 16.5. The molecule has 4 heteroatoms. The highest BCUT2D eigenvalue weighted by Gasteiger charge is 1.96. The Bertz CT molecular complexity index is 112. The maximum atomic E-state index is 5.43. The summed E-state index contributed by atoms with van der Waals surface area (Å²) in [7, 11) is 3.80. The first-order chi connectivity index (χ1) is 6.81. The third-order valence-corrected chi connectivity index (χ3v) is 2.00. The molecule has 86 valence electrons. The van der Waals surface area contributed by atoms with E-state index in [2.05, 4.69) is 11.9 Å². The van der Waals surface area contributed by atoms with Crippen LogP contribution in [0.4, 0.5) is 0 Å². The summed E-state index contributed by atoms with van der Waals surface area (Å²) in [5.41, 5.74) is 5.41. The van der Waals surface area contributed by atoms with E-state index in [1.165, 1.54) is 0 Å². The Hall–Kier alpha value is -0.160. The predicted molar refractivity (Wildman–Crippen MR) is 58.5 cm³/mol. The molecular weight excluding hydrogens is 180 g/mol. The minimum Gasteiger partial charge on any atom is -0.385 e. The van der Waals surface area contributed by atoms with Gasteiger partial charge in [-0.2, -0.15) is 0 Å². The number of ether oxygens (including phenoxy) is 2. The van der Waals surface area contributed by atoms with E-state index in [-0.39, 0.29) is 0 Å². The first-order valence-electron chi connectivity index (χ1n) is 5.26. The summed E-state index contributed by atoms with van der Waals surface area (Å²) in [6.07, 6.45) is 2.03. The van der Waals surface area contributed by atoms with Crippen LogP contribution in [-0.4, -0.2) is 58.5 Å². The minimum atomic E-state index is 0.763.